The summed E-state index contributed by atoms with van der Waals surface area (Å²) in [5.74, 6) is 0.148. The maximum atomic E-state index is 12.9. The van der Waals surface area contributed by atoms with Gasteiger partial charge < -0.3 is 15.8 Å². The van der Waals surface area contributed by atoms with Crippen molar-refractivity contribution in [2.75, 3.05) is 26.3 Å². The molecule has 0 aliphatic carbocycles. The number of ether oxygens (including phenoxy) is 1. The Morgan fingerprint density at radius 2 is 2.08 bits per heavy atom. The summed E-state index contributed by atoms with van der Waals surface area (Å²) in [6.07, 6.45) is -2.78. The van der Waals surface area contributed by atoms with Crippen LogP contribution in [0.2, 0.25) is 0 Å². The van der Waals surface area contributed by atoms with E-state index in [1.165, 1.54) is 15.9 Å². The lowest BCUT2D eigenvalue weighted by atomic mass is 10.1. The van der Waals surface area contributed by atoms with Gasteiger partial charge in [-0.2, -0.15) is 0 Å². The molecule has 1 saturated heterocycles. The topological polar surface area (TPSA) is 91.3 Å². The summed E-state index contributed by atoms with van der Waals surface area (Å²) in [5, 5.41) is 3.51. The molecule has 0 saturated carbocycles. The van der Waals surface area contributed by atoms with Crippen LogP contribution >= 0.6 is 11.3 Å². The second-order valence-corrected chi connectivity index (χ2v) is 7.48. The maximum absolute atomic E-state index is 12.9. The van der Waals surface area contributed by atoms with Crippen LogP contribution in [0.1, 0.15) is 10.4 Å². The van der Waals surface area contributed by atoms with Gasteiger partial charge >= 0.3 is 5.69 Å². The third-order valence-electron chi connectivity index (χ3n) is 4.47. The zero-order valence-corrected chi connectivity index (χ0v) is 15.3. The van der Waals surface area contributed by atoms with Gasteiger partial charge in [0.1, 0.15) is 4.83 Å². The lowest BCUT2D eigenvalue weighted by molar-refractivity contribution is -0.0395. The van der Waals surface area contributed by atoms with E-state index in [2.05, 4.69) is 5.32 Å². The summed E-state index contributed by atoms with van der Waals surface area (Å²) in [5.41, 5.74) is 4.87. The third-order valence-corrected chi connectivity index (χ3v) is 5.78. The zero-order chi connectivity index (χ0) is 18.8. The van der Waals surface area contributed by atoms with Crippen molar-refractivity contribution in [2.24, 2.45) is 11.7 Å². The van der Waals surface area contributed by atoms with Crippen LogP contribution in [-0.4, -0.2) is 41.9 Å². The Balaban J connectivity index is 2.15. The number of nitrogens with one attached hydrogen (secondary N) is 1. The molecule has 3 rings (SSSR count). The summed E-state index contributed by atoms with van der Waals surface area (Å²) < 4.78 is 33.1. The predicted molar refractivity (Wildman–Crippen MR) is 96.2 cm³/mol. The van der Waals surface area contributed by atoms with Crippen LogP contribution in [0, 0.1) is 12.8 Å². The first kappa shape index (κ1) is 19.2. The molecular formula is C16H22F2N4O3S. The van der Waals surface area contributed by atoms with Crippen molar-refractivity contribution < 1.29 is 13.5 Å². The van der Waals surface area contributed by atoms with Crippen molar-refractivity contribution in [3.8, 4) is 0 Å². The number of hydrogen-bond donors (Lipinski definition) is 2. The minimum Gasteiger partial charge on any atom is -0.381 e. The molecule has 26 heavy (non-hydrogen) atoms. The van der Waals surface area contributed by atoms with Crippen LogP contribution in [0.5, 0.6) is 0 Å². The Hall–Kier alpha value is -1.62. The van der Waals surface area contributed by atoms with Gasteiger partial charge in [0.05, 0.1) is 25.1 Å². The minimum atomic E-state index is -2.78. The van der Waals surface area contributed by atoms with Crippen LogP contribution in [0.15, 0.2) is 9.59 Å². The molecule has 3 N–H and O–H groups in total. The summed E-state index contributed by atoms with van der Waals surface area (Å²) in [6, 6.07) is 0. The van der Waals surface area contributed by atoms with Crippen LogP contribution in [0.3, 0.4) is 0 Å². The van der Waals surface area contributed by atoms with E-state index in [4.69, 9.17) is 10.5 Å². The largest absolute Gasteiger partial charge is 0.381 e. The number of rotatable bonds is 8. The fraction of sp³-hybridized carbons (Fsp3) is 0.625. The molecule has 0 radical (unpaired) electrons. The average molecular weight is 388 g/mol. The van der Waals surface area contributed by atoms with Crippen molar-refractivity contribution in [2.45, 2.75) is 33.0 Å². The molecular weight excluding hydrogens is 366 g/mol. The highest BCUT2D eigenvalue weighted by Crippen LogP contribution is 2.28. The monoisotopic (exact) mass is 388 g/mol. The van der Waals surface area contributed by atoms with E-state index in [-0.39, 0.29) is 5.92 Å². The number of thiophene rings is 1. The van der Waals surface area contributed by atoms with E-state index in [0.717, 1.165) is 10.4 Å². The van der Waals surface area contributed by atoms with Crippen molar-refractivity contribution in [1.82, 2.24) is 14.5 Å². The molecule has 1 fully saturated rings. The number of nitrogens with zero attached hydrogens (tertiary/aromatic N) is 2. The smallest absolute Gasteiger partial charge is 0.332 e. The van der Waals surface area contributed by atoms with Gasteiger partial charge in [0.15, 0.2) is 0 Å². The quantitative estimate of drug-likeness (QED) is 0.643. The molecule has 144 valence electrons. The summed E-state index contributed by atoms with van der Waals surface area (Å²) in [4.78, 5) is 26.9. The van der Waals surface area contributed by atoms with Gasteiger partial charge in [-0.15, -0.1) is 11.3 Å². The van der Waals surface area contributed by atoms with E-state index >= 15 is 0 Å². The van der Waals surface area contributed by atoms with Crippen LogP contribution in [0.4, 0.5) is 8.78 Å². The first-order chi connectivity index (χ1) is 12.4. The van der Waals surface area contributed by atoms with Gasteiger partial charge in [0, 0.05) is 37.0 Å². The molecule has 0 aromatic carbocycles. The molecule has 0 amide bonds. The first-order valence-corrected chi connectivity index (χ1v) is 9.28. The Kier molecular flexibility index (Phi) is 5.86. The van der Waals surface area contributed by atoms with Gasteiger partial charge in [-0.25, -0.2) is 13.6 Å². The normalized spacial score (nSPS) is 15.1. The van der Waals surface area contributed by atoms with Crippen molar-refractivity contribution in [3.05, 3.63) is 31.3 Å². The molecule has 3 heterocycles. The first-order valence-electron chi connectivity index (χ1n) is 8.46. The molecule has 1 aliphatic rings. The zero-order valence-electron chi connectivity index (χ0n) is 14.5. The van der Waals surface area contributed by atoms with E-state index in [9.17, 15) is 18.4 Å². The third kappa shape index (κ3) is 3.59. The van der Waals surface area contributed by atoms with Gasteiger partial charge in [0.2, 0.25) is 0 Å². The van der Waals surface area contributed by atoms with Gasteiger partial charge in [-0.05, 0) is 12.5 Å². The summed E-state index contributed by atoms with van der Waals surface area (Å²) in [6.45, 7) is 3.91. The second-order valence-electron chi connectivity index (χ2n) is 6.40. The predicted octanol–water partition coefficient (Wildman–Crippen LogP) is 0.493. The number of halogens is 2. The van der Waals surface area contributed by atoms with Crippen LogP contribution < -0.4 is 22.3 Å². The van der Waals surface area contributed by atoms with Crippen molar-refractivity contribution in [1.29, 1.82) is 0 Å². The van der Waals surface area contributed by atoms with Gasteiger partial charge in [0.25, 0.3) is 12.0 Å². The lowest BCUT2D eigenvalue weighted by Crippen LogP contribution is -2.44. The fourth-order valence-corrected chi connectivity index (χ4v) is 4.29. The SMILES string of the molecule is Cc1c(CNCCN)sc2c1c(=O)n(CC(F)F)c(=O)n2CC1COC1. The molecule has 0 atom stereocenters. The second kappa shape index (κ2) is 7.95. The molecule has 2 aromatic heterocycles. The Bertz CT molecular complexity index is 902. The van der Waals surface area contributed by atoms with Gasteiger partial charge in [-0.3, -0.25) is 13.9 Å². The molecule has 0 spiro atoms. The Labute approximate surface area is 152 Å². The van der Waals surface area contributed by atoms with Gasteiger partial charge in [-0.1, -0.05) is 0 Å². The van der Waals surface area contributed by atoms with Crippen LogP contribution in [0.25, 0.3) is 10.2 Å². The molecule has 10 heteroatoms. The van der Waals surface area contributed by atoms with E-state index < -0.39 is 24.2 Å². The molecule has 7 nitrogen and oxygen atoms in total. The minimum absolute atomic E-state index is 0.148. The lowest BCUT2D eigenvalue weighted by Gasteiger charge is -2.27. The standard InChI is InChI=1S/C16H22F2N4O3S/c1-9-11(4-20-3-2-19)26-15-13(9)14(23)21(6-12(17)18)16(24)22(15)5-10-7-25-8-10/h10,12,20H,2-8,19H2,1H3. The fourth-order valence-electron chi connectivity index (χ4n) is 3.02. The number of aryl methyl sites for hydroxylation is 1. The maximum Gasteiger partial charge on any atom is 0.332 e. The number of nitrogens with two attached hydrogens (primary N) is 1. The molecule has 0 unspecified atom stereocenters. The molecule has 0 bridgehead atoms. The highest BCUT2D eigenvalue weighted by atomic mass is 32.1. The summed E-state index contributed by atoms with van der Waals surface area (Å²) >= 11 is 1.35. The Morgan fingerprint density at radius 1 is 1.35 bits per heavy atom. The van der Waals surface area contributed by atoms with E-state index in [0.29, 0.717) is 54.2 Å². The summed E-state index contributed by atoms with van der Waals surface area (Å²) in [7, 11) is 0. The van der Waals surface area contributed by atoms with Crippen molar-refractivity contribution in [3.63, 3.8) is 0 Å². The molecule has 1 aliphatic heterocycles. The number of hydrogen-bond acceptors (Lipinski definition) is 6. The Morgan fingerprint density at radius 3 is 2.65 bits per heavy atom. The number of alkyl halides is 2. The van der Waals surface area contributed by atoms with E-state index in [1.807, 2.05) is 0 Å². The molecule has 2 aromatic rings. The average Bonchev–Trinajstić information content (AvgIpc) is 2.87. The highest BCUT2D eigenvalue weighted by Gasteiger charge is 2.25. The number of aromatic nitrogens is 2. The highest BCUT2D eigenvalue weighted by molar-refractivity contribution is 7.18. The van der Waals surface area contributed by atoms with E-state index in [1.54, 1.807) is 6.92 Å². The number of fused-ring (bicyclic) bond motifs is 1. The van der Waals surface area contributed by atoms with Crippen molar-refractivity contribution >= 4 is 21.6 Å². The van der Waals surface area contributed by atoms with Crippen LogP contribution in [-0.2, 0) is 24.4 Å².